The highest BCUT2D eigenvalue weighted by atomic mass is 16.7. The topological polar surface area (TPSA) is 47.9 Å². The Labute approximate surface area is 92.9 Å². The molecule has 1 aliphatic heterocycles. The molecule has 2 aliphatic rings. The first-order valence-electron chi connectivity index (χ1n) is 5.34. The summed E-state index contributed by atoms with van der Waals surface area (Å²) >= 11 is 0. The third kappa shape index (κ3) is 1.17. The van der Waals surface area contributed by atoms with Gasteiger partial charge < -0.3 is 9.47 Å². The molecule has 0 bridgehead atoms. The average molecular weight is 217 g/mol. The van der Waals surface area contributed by atoms with E-state index in [-0.39, 0.29) is 6.79 Å². The molecule has 0 saturated heterocycles. The highest BCUT2D eigenvalue weighted by molar-refractivity contribution is 5.53. The van der Waals surface area contributed by atoms with Crippen molar-refractivity contribution in [2.75, 3.05) is 6.79 Å². The van der Waals surface area contributed by atoms with Crippen LogP contribution in [0.3, 0.4) is 0 Å². The Balaban J connectivity index is 2.12. The van der Waals surface area contributed by atoms with Crippen LogP contribution in [0.15, 0.2) is 23.2 Å². The van der Waals surface area contributed by atoms with E-state index in [1.165, 1.54) is 0 Å². The normalized spacial score (nSPS) is 19.8. The summed E-state index contributed by atoms with van der Waals surface area (Å²) in [5, 5.41) is 0. The lowest BCUT2D eigenvalue weighted by Gasteiger charge is -2.37. The number of fused-ring (bicyclic) bond motifs is 1. The Bertz CT molecular complexity index is 473. The van der Waals surface area contributed by atoms with E-state index in [2.05, 4.69) is 4.99 Å². The van der Waals surface area contributed by atoms with Crippen molar-refractivity contribution in [1.29, 1.82) is 0 Å². The second kappa shape index (κ2) is 3.35. The predicted molar refractivity (Wildman–Crippen MR) is 56.2 cm³/mol. The average Bonchev–Trinajstić information content (AvgIpc) is 2.71. The van der Waals surface area contributed by atoms with Crippen LogP contribution in [-0.4, -0.2) is 12.9 Å². The fourth-order valence-corrected chi connectivity index (χ4v) is 2.34. The maximum atomic E-state index is 10.5. The fraction of sp³-hybridized carbons (Fsp3) is 0.417. The largest absolute Gasteiger partial charge is 0.454 e. The van der Waals surface area contributed by atoms with Gasteiger partial charge in [0.2, 0.25) is 12.9 Å². The molecule has 0 amide bonds. The highest BCUT2D eigenvalue weighted by Gasteiger charge is 2.42. The van der Waals surface area contributed by atoms with Gasteiger partial charge in [-0.25, -0.2) is 4.79 Å². The molecule has 1 saturated carbocycles. The standard InChI is InChI=1S/C12H11NO3/c14-7-13-12(5-2-6-12)9-3-1-4-10-11(9)16-8-15-10/h1,3-4H,2,5-6,8H2. The Kier molecular flexibility index (Phi) is 1.98. The summed E-state index contributed by atoms with van der Waals surface area (Å²) in [5.41, 5.74) is 0.540. The minimum atomic E-state index is -0.416. The van der Waals surface area contributed by atoms with Gasteiger partial charge in [0.15, 0.2) is 11.5 Å². The lowest BCUT2D eigenvalue weighted by atomic mass is 9.72. The molecule has 0 N–H and O–H groups in total. The number of hydrogen-bond donors (Lipinski definition) is 0. The monoisotopic (exact) mass is 217 g/mol. The molecular weight excluding hydrogens is 206 g/mol. The van der Waals surface area contributed by atoms with Crippen molar-refractivity contribution < 1.29 is 14.3 Å². The summed E-state index contributed by atoms with van der Waals surface area (Å²) in [5.74, 6) is 1.48. The van der Waals surface area contributed by atoms with Gasteiger partial charge in [0.05, 0.1) is 0 Å². The number of nitrogens with zero attached hydrogens (tertiary/aromatic N) is 1. The van der Waals surface area contributed by atoms with Gasteiger partial charge >= 0.3 is 0 Å². The van der Waals surface area contributed by atoms with E-state index in [9.17, 15) is 4.79 Å². The second-order valence-corrected chi connectivity index (χ2v) is 4.13. The molecule has 0 unspecified atom stereocenters. The van der Waals surface area contributed by atoms with Crippen LogP contribution in [-0.2, 0) is 10.3 Å². The van der Waals surface area contributed by atoms with Crippen molar-refractivity contribution in [1.82, 2.24) is 0 Å². The molecule has 4 heteroatoms. The number of para-hydroxylation sites is 1. The molecule has 1 fully saturated rings. The van der Waals surface area contributed by atoms with E-state index in [1.54, 1.807) is 6.08 Å². The summed E-state index contributed by atoms with van der Waals surface area (Å²) in [6.45, 7) is 0.243. The molecule has 16 heavy (non-hydrogen) atoms. The van der Waals surface area contributed by atoms with Crippen molar-refractivity contribution in [2.45, 2.75) is 24.8 Å². The molecule has 0 spiro atoms. The maximum absolute atomic E-state index is 10.5. The molecule has 1 heterocycles. The number of hydrogen-bond acceptors (Lipinski definition) is 4. The van der Waals surface area contributed by atoms with Crippen molar-refractivity contribution in [2.24, 2.45) is 4.99 Å². The molecule has 0 atom stereocenters. The first kappa shape index (κ1) is 9.43. The zero-order valence-electron chi connectivity index (χ0n) is 8.73. The first-order chi connectivity index (χ1) is 7.86. The number of rotatable bonds is 2. The number of aliphatic imine (C=N–C) groups is 1. The van der Waals surface area contributed by atoms with Gasteiger partial charge in [-0.05, 0) is 25.3 Å². The van der Waals surface area contributed by atoms with E-state index in [0.717, 1.165) is 36.3 Å². The van der Waals surface area contributed by atoms with Crippen LogP contribution in [0.2, 0.25) is 0 Å². The maximum Gasteiger partial charge on any atom is 0.235 e. The zero-order chi connectivity index (χ0) is 11.0. The molecule has 1 aliphatic carbocycles. The van der Waals surface area contributed by atoms with Crippen molar-refractivity contribution in [3.05, 3.63) is 23.8 Å². The van der Waals surface area contributed by atoms with E-state index in [1.807, 2.05) is 18.2 Å². The third-order valence-electron chi connectivity index (χ3n) is 3.34. The van der Waals surface area contributed by atoms with Gasteiger partial charge in [-0.2, -0.15) is 4.99 Å². The Morgan fingerprint density at radius 3 is 2.88 bits per heavy atom. The third-order valence-corrected chi connectivity index (χ3v) is 3.34. The number of carbonyl (C=O) groups excluding carboxylic acids is 1. The molecule has 1 aromatic carbocycles. The molecule has 1 aromatic rings. The second-order valence-electron chi connectivity index (χ2n) is 4.13. The van der Waals surface area contributed by atoms with Crippen LogP contribution in [0.5, 0.6) is 11.5 Å². The zero-order valence-corrected chi connectivity index (χ0v) is 8.73. The first-order valence-corrected chi connectivity index (χ1v) is 5.34. The number of ether oxygens (including phenoxy) is 2. The Morgan fingerprint density at radius 1 is 1.31 bits per heavy atom. The molecular formula is C12H11NO3. The van der Waals surface area contributed by atoms with Crippen molar-refractivity contribution >= 4 is 6.08 Å². The Hall–Kier alpha value is -1.80. The summed E-state index contributed by atoms with van der Waals surface area (Å²) < 4.78 is 10.8. The molecule has 4 nitrogen and oxygen atoms in total. The van der Waals surface area contributed by atoms with Crippen molar-refractivity contribution in [3.8, 4) is 11.5 Å². The van der Waals surface area contributed by atoms with Crippen LogP contribution < -0.4 is 9.47 Å². The van der Waals surface area contributed by atoms with Crippen LogP contribution in [0, 0.1) is 0 Å². The lowest BCUT2D eigenvalue weighted by molar-refractivity contribution is 0.168. The van der Waals surface area contributed by atoms with Crippen LogP contribution in [0.4, 0.5) is 0 Å². The van der Waals surface area contributed by atoms with E-state index in [4.69, 9.17) is 9.47 Å². The summed E-state index contributed by atoms with van der Waals surface area (Å²) in [4.78, 5) is 14.5. The van der Waals surface area contributed by atoms with E-state index in [0.29, 0.717) is 0 Å². The number of benzene rings is 1. The van der Waals surface area contributed by atoms with Gasteiger partial charge in [-0.3, -0.25) is 0 Å². The molecule has 0 radical (unpaired) electrons. The van der Waals surface area contributed by atoms with Gasteiger partial charge in [0, 0.05) is 5.56 Å². The number of isocyanates is 1. The quantitative estimate of drug-likeness (QED) is 0.563. The van der Waals surface area contributed by atoms with Crippen LogP contribution in [0.1, 0.15) is 24.8 Å². The summed E-state index contributed by atoms with van der Waals surface area (Å²) in [7, 11) is 0. The molecule has 0 aromatic heterocycles. The Morgan fingerprint density at radius 2 is 2.19 bits per heavy atom. The molecule has 3 rings (SSSR count). The lowest BCUT2D eigenvalue weighted by Crippen LogP contribution is -2.32. The SMILES string of the molecule is O=C=NC1(c2cccc3c2OCO3)CCC1. The van der Waals surface area contributed by atoms with Crippen LogP contribution >= 0.6 is 0 Å². The van der Waals surface area contributed by atoms with Gasteiger partial charge in [-0.15, -0.1) is 0 Å². The predicted octanol–water partition coefficient (Wildman–Crippen LogP) is 2.13. The van der Waals surface area contributed by atoms with Gasteiger partial charge in [0.1, 0.15) is 5.54 Å². The van der Waals surface area contributed by atoms with E-state index < -0.39 is 5.54 Å². The minimum absolute atomic E-state index is 0.243. The summed E-state index contributed by atoms with van der Waals surface area (Å²) in [6.07, 6.45) is 4.51. The van der Waals surface area contributed by atoms with E-state index >= 15 is 0 Å². The fourth-order valence-electron chi connectivity index (χ4n) is 2.34. The van der Waals surface area contributed by atoms with Gasteiger partial charge in [-0.1, -0.05) is 12.1 Å². The smallest absolute Gasteiger partial charge is 0.235 e. The highest BCUT2D eigenvalue weighted by Crippen LogP contribution is 2.51. The minimum Gasteiger partial charge on any atom is -0.454 e. The van der Waals surface area contributed by atoms with Gasteiger partial charge in [0.25, 0.3) is 0 Å². The van der Waals surface area contributed by atoms with Crippen molar-refractivity contribution in [3.63, 3.8) is 0 Å². The molecule has 82 valence electrons. The van der Waals surface area contributed by atoms with Crippen LogP contribution in [0.25, 0.3) is 0 Å². The summed E-state index contributed by atoms with van der Waals surface area (Å²) in [6, 6.07) is 5.72.